The summed E-state index contributed by atoms with van der Waals surface area (Å²) in [6.45, 7) is 2.06. The monoisotopic (exact) mass is 289 g/mol. The Bertz CT molecular complexity index is 503. The molecule has 2 heterocycles. The zero-order chi connectivity index (χ0) is 10.3. The molecule has 14 heavy (non-hydrogen) atoms. The van der Waals surface area contributed by atoms with E-state index in [1.165, 1.54) is 5.56 Å². The molecule has 0 saturated carbocycles. The van der Waals surface area contributed by atoms with Gasteiger partial charge in [0.25, 0.3) is 0 Å². The van der Waals surface area contributed by atoms with Gasteiger partial charge in [-0.25, -0.2) is 0 Å². The summed E-state index contributed by atoms with van der Waals surface area (Å²) >= 11 is 10.2. The minimum atomic E-state index is 0.641. The van der Waals surface area contributed by atoms with E-state index in [9.17, 15) is 0 Å². The highest BCUT2D eigenvalue weighted by Crippen LogP contribution is 2.33. The normalized spacial score (nSPS) is 10.8. The lowest BCUT2D eigenvalue weighted by atomic mass is 10.3. The number of thiophene rings is 1. The number of nitrogens with one attached hydrogen (secondary N) is 1. The molecule has 0 bridgehead atoms. The van der Waals surface area contributed by atoms with Gasteiger partial charge in [0, 0.05) is 7.05 Å². The van der Waals surface area contributed by atoms with Crippen LogP contribution in [0.5, 0.6) is 0 Å². The number of rotatable bonds is 1. The van der Waals surface area contributed by atoms with Crippen molar-refractivity contribution in [3.05, 3.63) is 20.2 Å². The smallest absolute Gasteiger partial charge is 0.195 e. The van der Waals surface area contributed by atoms with Crippen LogP contribution in [0.15, 0.2) is 9.85 Å². The molecule has 74 valence electrons. The van der Waals surface area contributed by atoms with Crippen LogP contribution >= 0.6 is 39.5 Å². The fourth-order valence-corrected chi connectivity index (χ4v) is 2.83. The highest BCUT2D eigenvalue weighted by molar-refractivity contribution is 9.11. The van der Waals surface area contributed by atoms with Gasteiger partial charge in [0.05, 0.1) is 8.66 Å². The molecule has 0 saturated heterocycles. The molecule has 1 N–H and O–H groups in total. The summed E-state index contributed by atoms with van der Waals surface area (Å²) in [5.41, 5.74) is 1.22. The summed E-state index contributed by atoms with van der Waals surface area (Å²) in [5.74, 6) is 0.883. The Morgan fingerprint density at radius 2 is 2.36 bits per heavy atom. The fraction of sp³-hybridized carbons (Fsp3) is 0.250. The highest BCUT2D eigenvalue weighted by atomic mass is 79.9. The van der Waals surface area contributed by atoms with Gasteiger partial charge in [-0.1, -0.05) is 0 Å². The Morgan fingerprint density at radius 1 is 1.64 bits per heavy atom. The Balaban J connectivity index is 2.60. The molecule has 0 atom stereocenters. The zero-order valence-corrected chi connectivity index (χ0v) is 10.9. The van der Waals surface area contributed by atoms with Crippen LogP contribution in [-0.2, 0) is 7.05 Å². The Kier molecular flexibility index (Phi) is 2.59. The topological polar surface area (TPSA) is 33.6 Å². The molecule has 2 aromatic rings. The summed E-state index contributed by atoms with van der Waals surface area (Å²) in [7, 11) is 1.91. The minimum Gasteiger partial charge on any atom is -0.303 e. The van der Waals surface area contributed by atoms with E-state index in [-0.39, 0.29) is 0 Å². The maximum atomic E-state index is 5.05. The van der Waals surface area contributed by atoms with E-state index in [1.807, 2.05) is 11.6 Å². The van der Waals surface area contributed by atoms with Crippen LogP contribution in [0.2, 0.25) is 0 Å². The van der Waals surface area contributed by atoms with Crippen molar-refractivity contribution in [3.8, 4) is 10.7 Å². The number of aromatic nitrogens is 3. The molecule has 0 aromatic carbocycles. The van der Waals surface area contributed by atoms with Crippen LogP contribution in [0.1, 0.15) is 5.56 Å². The quantitative estimate of drug-likeness (QED) is 0.818. The third-order valence-electron chi connectivity index (χ3n) is 1.96. The first kappa shape index (κ1) is 10.1. The molecular weight excluding hydrogens is 282 g/mol. The summed E-state index contributed by atoms with van der Waals surface area (Å²) in [4.78, 5) is 1.12. The molecule has 0 radical (unpaired) electrons. The molecule has 2 rings (SSSR count). The van der Waals surface area contributed by atoms with Crippen molar-refractivity contribution in [2.24, 2.45) is 7.05 Å². The number of aryl methyl sites for hydroxylation is 1. The van der Waals surface area contributed by atoms with E-state index in [4.69, 9.17) is 12.2 Å². The van der Waals surface area contributed by atoms with E-state index in [1.54, 1.807) is 11.3 Å². The summed E-state index contributed by atoms with van der Waals surface area (Å²) in [6, 6.07) is 2.10. The van der Waals surface area contributed by atoms with Crippen LogP contribution in [0.3, 0.4) is 0 Å². The largest absolute Gasteiger partial charge is 0.303 e. The summed E-state index contributed by atoms with van der Waals surface area (Å²) in [6.07, 6.45) is 0. The third-order valence-corrected chi connectivity index (χ3v) is 4.46. The van der Waals surface area contributed by atoms with E-state index in [2.05, 4.69) is 39.1 Å². The van der Waals surface area contributed by atoms with E-state index in [0.29, 0.717) is 4.77 Å². The van der Waals surface area contributed by atoms with Crippen LogP contribution in [0.25, 0.3) is 10.7 Å². The summed E-state index contributed by atoms with van der Waals surface area (Å²) < 4.78 is 3.65. The molecule has 0 spiro atoms. The van der Waals surface area contributed by atoms with Gasteiger partial charge < -0.3 is 4.57 Å². The molecule has 0 unspecified atom stereocenters. The van der Waals surface area contributed by atoms with Crippen LogP contribution in [-0.4, -0.2) is 14.8 Å². The Hall–Kier alpha value is -0.460. The SMILES string of the molecule is Cc1cc(-c2n[nH]c(=S)n2C)sc1Br. The van der Waals surface area contributed by atoms with Gasteiger partial charge in [0.2, 0.25) is 0 Å². The van der Waals surface area contributed by atoms with Gasteiger partial charge in [-0.05, 0) is 46.7 Å². The first-order chi connectivity index (χ1) is 6.59. The fourth-order valence-electron chi connectivity index (χ4n) is 1.14. The van der Waals surface area contributed by atoms with Crippen molar-refractivity contribution in [1.29, 1.82) is 0 Å². The number of H-pyrrole nitrogens is 1. The lowest BCUT2D eigenvalue weighted by Gasteiger charge is -1.94. The van der Waals surface area contributed by atoms with Crippen molar-refractivity contribution in [2.45, 2.75) is 6.92 Å². The van der Waals surface area contributed by atoms with Crippen molar-refractivity contribution in [2.75, 3.05) is 0 Å². The van der Waals surface area contributed by atoms with Gasteiger partial charge >= 0.3 is 0 Å². The first-order valence-electron chi connectivity index (χ1n) is 3.97. The average molecular weight is 290 g/mol. The van der Waals surface area contributed by atoms with E-state index in [0.717, 1.165) is 14.5 Å². The number of hydrogen-bond donors (Lipinski definition) is 1. The van der Waals surface area contributed by atoms with Crippen molar-refractivity contribution < 1.29 is 0 Å². The standard InChI is InChI=1S/C8H8BrN3S2/c1-4-3-5(14-6(4)9)7-10-11-8(13)12(7)2/h3H,1-2H3,(H,11,13). The first-order valence-corrected chi connectivity index (χ1v) is 5.99. The van der Waals surface area contributed by atoms with Crippen molar-refractivity contribution in [3.63, 3.8) is 0 Å². The lowest BCUT2D eigenvalue weighted by Crippen LogP contribution is -1.89. The average Bonchev–Trinajstić information content (AvgIpc) is 2.61. The minimum absolute atomic E-state index is 0.641. The van der Waals surface area contributed by atoms with Crippen molar-refractivity contribution >= 4 is 39.5 Å². The number of hydrogen-bond acceptors (Lipinski definition) is 3. The Labute approximate surface area is 98.9 Å². The molecule has 0 aliphatic carbocycles. The second-order valence-corrected chi connectivity index (χ2v) is 5.74. The maximum absolute atomic E-state index is 5.05. The predicted octanol–water partition coefficient (Wildman–Crippen LogP) is 3.28. The van der Waals surface area contributed by atoms with Crippen molar-refractivity contribution in [1.82, 2.24) is 14.8 Å². The maximum Gasteiger partial charge on any atom is 0.195 e. The number of halogens is 1. The second kappa shape index (κ2) is 3.60. The van der Waals surface area contributed by atoms with Gasteiger partial charge in [-0.3, -0.25) is 5.10 Å². The third kappa shape index (κ3) is 1.57. The van der Waals surface area contributed by atoms with E-state index >= 15 is 0 Å². The summed E-state index contributed by atoms with van der Waals surface area (Å²) in [5, 5.41) is 6.95. The zero-order valence-electron chi connectivity index (χ0n) is 7.67. The lowest BCUT2D eigenvalue weighted by molar-refractivity contribution is 0.904. The van der Waals surface area contributed by atoms with Crippen LogP contribution in [0.4, 0.5) is 0 Å². The van der Waals surface area contributed by atoms with Gasteiger partial charge in [0.1, 0.15) is 0 Å². The van der Waals surface area contributed by atoms with Gasteiger partial charge in [0.15, 0.2) is 10.6 Å². The molecule has 0 aliphatic rings. The molecule has 0 aliphatic heterocycles. The second-order valence-electron chi connectivity index (χ2n) is 2.98. The molecule has 0 amide bonds. The van der Waals surface area contributed by atoms with Crippen LogP contribution in [0, 0.1) is 11.7 Å². The van der Waals surface area contributed by atoms with Gasteiger partial charge in [-0.15, -0.1) is 11.3 Å². The Morgan fingerprint density at radius 3 is 2.79 bits per heavy atom. The predicted molar refractivity (Wildman–Crippen MR) is 64.1 cm³/mol. The number of nitrogens with zero attached hydrogens (tertiary/aromatic N) is 2. The molecule has 0 fully saturated rings. The molecule has 3 nitrogen and oxygen atoms in total. The van der Waals surface area contributed by atoms with Gasteiger partial charge in [-0.2, -0.15) is 5.10 Å². The van der Waals surface area contributed by atoms with E-state index < -0.39 is 0 Å². The molecular formula is C8H8BrN3S2. The highest BCUT2D eigenvalue weighted by Gasteiger charge is 2.10. The number of aromatic amines is 1. The van der Waals surface area contributed by atoms with Crippen LogP contribution < -0.4 is 0 Å². The molecule has 2 aromatic heterocycles. The molecule has 6 heteroatoms.